The number of likely N-dealkylation sites (tertiary alicyclic amines) is 1. The average Bonchev–Trinajstić information content (AvgIpc) is 3.75. The van der Waals surface area contributed by atoms with Crippen LogP contribution in [0.2, 0.25) is 0 Å². The van der Waals surface area contributed by atoms with Crippen LogP contribution in [-0.4, -0.2) is 82.7 Å². The molecule has 0 bridgehead atoms. The lowest BCUT2D eigenvalue weighted by atomic mass is 9.93. The summed E-state index contributed by atoms with van der Waals surface area (Å²) in [4.78, 5) is 67.5. The van der Waals surface area contributed by atoms with Gasteiger partial charge in [-0.3, -0.25) is 24.0 Å². The number of thiol groups is 1. The van der Waals surface area contributed by atoms with Gasteiger partial charge in [0.15, 0.2) is 5.69 Å². The van der Waals surface area contributed by atoms with E-state index in [2.05, 4.69) is 33.7 Å². The minimum atomic E-state index is -0.932. The maximum atomic E-state index is 14.2. The molecule has 1 aromatic heterocycles. The lowest BCUT2D eigenvalue weighted by Gasteiger charge is -2.32. The van der Waals surface area contributed by atoms with Crippen LogP contribution in [0.5, 0.6) is 0 Å². The van der Waals surface area contributed by atoms with Crippen molar-refractivity contribution in [3.05, 3.63) is 53.4 Å². The number of esters is 1. The zero-order chi connectivity index (χ0) is 32.7. The van der Waals surface area contributed by atoms with Crippen LogP contribution in [0.1, 0.15) is 74.2 Å². The Balaban J connectivity index is 1.58. The smallest absolute Gasteiger partial charge is 0.306 e. The van der Waals surface area contributed by atoms with Crippen molar-refractivity contribution in [1.29, 1.82) is 0 Å². The Kier molecular flexibility index (Phi) is 11.7. The Morgan fingerprint density at radius 2 is 1.91 bits per heavy atom. The lowest BCUT2D eigenvalue weighted by molar-refractivity contribution is -0.143. The van der Waals surface area contributed by atoms with Crippen molar-refractivity contribution < 1.29 is 33.2 Å². The predicted octanol–water partition coefficient (Wildman–Crippen LogP) is 2.38. The molecule has 0 spiro atoms. The van der Waals surface area contributed by atoms with Gasteiger partial charge < -0.3 is 30.1 Å². The number of carbonyl (C=O) groups excluding carboxylic acids is 5. The summed E-state index contributed by atoms with van der Waals surface area (Å²) < 4.78 is 10.1. The van der Waals surface area contributed by atoms with E-state index in [9.17, 15) is 24.0 Å². The van der Waals surface area contributed by atoms with Crippen molar-refractivity contribution in [3.8, 4) is 0 Å². The first kappa shape index (κ1) is 34.0. The number of hydrogen-bond donors (Lipinski definition) is 4. The Morgan fingerprint density at radius 1 is 1.18 bits per heavy atom. The van der Waals surface area contributed by atoms with Crippen molar-refractivity contribution in [2.45, 2.75) is 82.7 Å². The number of ether oxygens (including phenoxy) is 1. The molecule has 13 heteroatoms. The van der Waals surface area contributed by atoms with Crippen LogP contribution in [0.25, 0.3) is 0 Å². The van der Waals surface area contributed by atoms with Gasteiger partial charge in [-0.15, -0.1) is 0 Å². The summed E-state index contributed by atoms with van der Waals surface area (Å²) in [5.41, 5.74) is 1.05. The third-order valence-electron chi connectivity index (χ3n) is 8.41. The zero-order valence-electron chi connectivity index (χ0n) is 26.2. The van der Waals surface area contributed by atoms with Crippen molar-refractivity contribution in [2.24, 2.45) is 11.8 Å². The first-order valence-electron chi connectivity index (χ1n) is 15.5. The van der Waals surface area contributed by atoms with Crippen LogP contribution >= 0.6 is 12.6 Å². The molecule has 0 unspecified atom stereocenters. The summed E-state index contributed by atoms with van der Waals surface area (Å²) in [6.45, 7) is 8.04. The van der Waals surface area contributed by atoms with E-state index in [-0.39, 0.29) is 55.3 Å². The van der Waals surface area contributed by atoms with Crippen LogP contribution in [0.3, 0.4) is 0 Å². The van der Waals surface area contributed by atoms with Gasteiger partial charge in [-0.05, 0) is 44.6 Å². The molecular formula is C32H43N5O7S. The molecule has 2 fully saturated rings. The van der Waals surface area contributed by atoms with Crippen molar-refractivity contribution in [3.63, 3.8) is 0 Å². The SMILES string of the molecule is CCOC(=O)C[C@H](S)[C@H](C[C@@H]1CCNC1=O)NC(=O)[C@@H]1C[C@@H](c2ccccc2)CN1C(=O)[C@@H](NC(=O)c1cc(C)on1)C(C)C. The molecule has 2 aliphatic heterocycles. The first-order chi connectivity index (χ1) is 21.5. The molecule has 2 aromatic rings. The van der Waals surface area contributed by atoms with Crippen molar-refractivity contribution >= 4 is 42.2 Å². The van der Waals surface area contributed by atoms with E-state index in [1.165, 1.54) is 11.0 Å². The van der Waals surface area contributed by atoms with E-state index in [1.54, 1.807) is 13.8 Å². The Bertz CT molecular complexity index is 1370. The normalized spacial score (nSPS) is 21.6. The molecule has 3 heterocycles. The summed E-state index contributed by atoms with van der Waals surface area (Å²) in [7, 11) is 0. The maximum absolute atomic E-state index is 14.2. The van der Waals surface area contributed by atoms with Crippen molar-refractivity contribution in [1.82, 2.24) is 26.0 Å². The maximum Gasteiger partial charge on any atom is 0.306 e. The van der Waals surface area contributed by atoms with Gasteiger partial charge in [0, 0.05) is 42.3 Å². The molecule has 45 heavy (non-hydrogen) atoms. The number of nitrogens with one attached hydrogen (secondary N) is 3. The van der Waals surface area contributed by atoms with E-state index >= 15 is 0 Å². The highest BCUT2D eigenvalue weighted by Crippen LogP contribution is 2.33. The average molecular weight is 642 g/mol. The van der Waals surface area contributed by atoms with Gasteiger partial charge in [-0.25, -0.2) is 0 Å². The van der Waals surface area contributed by atoms with Gasteiger partial charge in [0.05, 0.1) is 13.0 Å². The molecule has 0 saturated carbocycles. The quantitative estimate of drug-likeness (QED) is 0.192. The van der Waals surface area contributed by atoms with E-state index < -0.39 is 47.1 Å². The molecular weight excluding hydrogens is 598 g/mol. The van der Waals surface area contributed by atoms with E-state index in [0.29, 0.717) is 25.1 Å². The number of hydrogen-bond acceptors (Lipinski definition) is 9. The molecule has 2 saturated heterocycles. The van der Waals surface area contributed by atoms with Crippen LogP contribution in [0.15, 0.2) is 40.9 Å². The van der Waals surface area contributed by atoms with Crippen LogP contribution in [0.4, 0.5) is 0 Å². The van der Waals surface area contributed by atoms with E-state index in [1.807, 2.05) is 44.2 Å². The molecule has 4 rings (SSSR count). The van der Waals surface area contributed by atoms with Gasteiger partial charge in [0.1, 0.15) is 17.8 Å². The highest BCUT2D eigenvalue weighted by molar-refractivity contribution is 7.81. The molecule has 4 amide bonds. The molecule has 0 aliphatic carbocycles. The highest BCUT2D eigenvalue weighted by atomic mass is 32.1. The first-order valence-corrected chi connectivity index (χ1v) is 16.0. The monoisotopic (exact) mass is 641 g/mol. The Hall–Kier alpha value is -3.87. The largest absolute Gasteiger partial charge is 0.466 e. The van der Waals surface area contributed by atoms with Gasteiger partial charge in [0.2, 0.25) is 17.7 Å². The zero-order valence-corrected chi connectivity index (χ0v) is 27.0. The minimum Gasteiger partial charge on any atom is -0.466 e. The molecule has 6 atom stereocenters. The van der Waals surface area contributed by atoms with Gasteiger partial charge in [-0.2, -0.15) is 12.6 Å². The molecule has 244 valence electrons. The van der Waals surface area contributed by atoms with Crippen LogP contribution in [0, 0.1) is 18.8 Å². The fourth-order valence-corrected chi connectivity index (χ4v) is 6.32. The summed E-state index contributed by atoms with van der Waals surface area (Å²) in [6.07, 6.45) is 1.19. The molecule has 2 aliphatic rings. The summed E-state index contributed by atoms with van der Waals surface area (Å²) >= 11 is 4.66. The standard InChI is InChI=1S/C32H43N5O7S/c1-5-43-27(38)16-26(45)23(14-21-11-12-33-29(21)39)34-31(41)25-15-22(20-9-7-6-8-10-20)17-37(25)32(42)28(18(2)3)35-30(40)24-13-19(4)44-36-24/h6-10,13,18,21-23,25-26,28,45H,5,11-12,14-17H2,1-4H3,(H,33,39)(H,34,41)(H,35,40)/t21-,22+,23-,25-,26-,28-/m0/s1. The second-order valence-corrected chi connectivity index (χ2v) is 12.7. The van der Waals surface area contributed by atoms with Crippen LogP contribution in [-0.2, 0) is 23.9 Å². The highest BCUT2D eigenvalue weighted by Gasteiger charge is 2.44. The molecule has 1 aromatic carbocycles. The third kappa shape index (κ3) is 8.65. The fourth-order valence-electron chi connectivity index (χ4n) is 5.98. The van der Waals surface area contributed by atoms with Gasteiger partial charge in [-0.1, -0.05) is 49.3 Å². The second-order valence-electron chi connectivity index (χ2n) is 12.1. The number of benzene rings is 1. The fraction of sp³-hybridized carbons (Fsp3) is 0.562. The topological polar surface area (TPSA) is 160 Å². The van der Waals surface area contributed by atoms with E-state index in [4.69, 9.17) is 9.26 Å². The lowest BCUT2D eigenvalue weighted by Crippen LogP contribution is -2.57. The molecule has 0 radical (unpaired) electrons. The number of nitrogens with zero attached hydrogens (tertiary/aromatic N) is 2. The number of carbonyl (C=O) groups is 5. The molecule has 3 N–H and O–H groups in total. The van der Waals surface area contributed by atoms with Crippen LogP contribution < -0.4 is 16.0 Å². The third-order valence-corrected chi connectivity index (χ3v) is 8.95. The summed E-state index contributed by atoms with van der Waals surface area (Å²) in [5.74, 6) is -2.21. The number of rotatable bonds is 13. The summed E-state index contributed by atoms with van der Waals surface area (Å²) in [5, 5.41) is 11.8. The second kappa shape index (κ2) is 15.4. The minimum absolute atomic E-state index is 0.0564. The Morgan fingerprint density at radius 3 is 2.51 bits per heavy atom. The summed E-state index contributed by atoms with van der Waals surface area (Å²) in [6, 6.07) is 8.72. The molecule has 12 nitrogen and oxygen atoms in total. The number of amides is 4. The van der Waals surface area contributed by atoms with Crippen molar-refractivity contribution in [2.75, 3.05) is 19.7 Å². The van der Waals surface area contributed by atoms with E-state index in [0.717, 1.165) is 5.56 Å². The van der Waals surface area contributed by atoms with Gasteiger partial charge in [0.25, 0.3) is 5.91 Å². The number of aromatic nitrogens is 1. The number of aryl methyl sites for hydroxylation is 1. The predicted molar refractivity (Wildman–Crippen MR) is 168 cm³/mol. The Labute approximate surface area is 268 Å². The van der Waals surface area contributed by atoms with Gasteiger partial charge >= 0.3 is 5.97 Å².